The lowest BCUT2D eigenvalue weighted by Gasteiger charge is -2.32. The summed E-state index contributed by atoms with van der Waals surface area (Å²) in [6.07, 6.45) is 0.190. The molecule has 90 valence electrons. The highest BCUT2D eigenvalue weighted by atomic mass is 35.5. The van der Waals surface area contributed by atoms with Crippen molar-refractivity contribution < 1.29 is 4.79 Å². The van der Waals surface area contributed by atoms with Gasteiger partial charge in [0, 0.05) is 5.92 Å². The Morgan fingerprint density at radius 1 is 1.19 bits per heavy atom. The predicted octanol–water partition coefficient (Wildman–Crippen LogP) is 4.43. The highest BCUT2D eigenvalue weighted by Gasteiger charge is 2.79. The van der Waals surface area contributed by atoms with E-state index in [0.29, 0.717) is 0 Å². The number of hydrogen-bond acceptors (Lipinski definition) is 1. The van der Waals surface area contributed by atoms with Gasteiger partial charge < -0.3 is 0 Å². The number of rotatable bonds is 1. The molecule has 0 heterocycles. The molecule has 2 bridgehead atoms. The van der Waals surface area contributed by atoms with Crippen LogP contribution >= 0.6 is 69.6 Å². The number of carbonyl (C=O) groups excluding carboxylic acids is 1. The average Bonchev–Trinajstić information content (AvgIpc) is 2.39. The first kappa shape index (κ1) is 13.6. The Kier molecular flexibility index (Phi) is 3.04. The summed E-state index contributed by atoms with van der Waals surface area (Å²) in [5, 5.41) is 0.204. The molecule has 0 spiro atoms. The van der Waals surface area contributed by atoms with Gasteiger partial charge in [-0.3, -0.25) is 4.79 Å². The summed E-state index contributed by atoms with van der Waals surface area (Å²) in [7, 11) is 0. The number of hydrogen-bond donors (Lipinski definition) is 0. The summed E-state index contributed by atoms with van der Waals surface area (Å²) in [6, 6.07) is 0. The quantitative estimate of drug-likeness (QED) is 0.644. The highest BCUT2D eigenvalue weighted by molar-refractivity contribution is 6.66. The molecule has 0 aromatic heterocycles. The SMILES string of the molecule is CC(=O)[C@@H]1C[C@]2(Cl)C(Cl)=C(Cl)[C@@]1(Cl)C2(Cl)Cl. The van der Waals surface area contributed by atoms with Crippen LogP contribution in [-0.2, 0) is 4.79 Å². The molecule has 0 aromatic rings. The molecule has 0 aromatic carbocycles. The van der Waals surface area contributed by atoms with E-state index in [1.54, 1.807) is 0 Å². The van der Waals surface area contributed by atoms with E-state index in [-0.39, 0.29) is 22.3 Å². The van der Waals surface area contributed by atoms with E-state index in [0.717, 1.165) is 0 Å². The normalized spacial score (nSPS) is 45.3. The van der Waals surface area contributed by atoms with Gasteiger partial charge in [-0.1, -0.05) is 46.4 Å². The maximum Gasteiger partial charge on any atom is 0.167 e. The summed E-state index contributed by atoms with van der Waals surface area (Å²) in [5.41, 5.74) is 0. The van der Waals surface area contributed by atoms with Gasteiger partial charge in [0.1, 0.15) is 15.5 Å². The maximum atomic E-state index is 11.5. The van der Waals surface area contributed by atoms with Crippen LogP contribution in [0.3, 0.4) is 0 Å². The highest BCUT2D eigenvalue weighted by Crippen LogP contribution is 2.74. The second-order valence-electron chi connectivity index (χ2n) is 4.08. The molecule has 2 aliphatic rings. The lowest BCUT2D eigenvalue weighted by atomic mass is 9.89. The molecule has 2 rings (SSSR count). The number of fused-ring (bicyclic) bond motifs is 2. The number of halogens is 6. The third-order valence-electron chi connectivity index (χ3n) is 3.27. The monoisotopic (exact) mass is 340 g/mol. The van der Waals surface area contributed by atoms with Crippen molar-refractivity contribution in [1.82, 2.24) is 0 Å². The zero-order valence-corrected chi connectivity index (χ0v) is 12.5. The Balaban J connectivity index is 2.69. The lowest BCUT2D eigenvalue weighted by Crippen LogP contribution is -2.45. The third kappa shape index (κ3) is 1.21. The van der Waals surface area contributed by atoms with E-state index >= 15 is 0 Å². The average molecular weight is 343 g/mol. The van der Waals surface area contributed by atoms with Crippen molar-refractivity contribution in [3.8, 4) is 0 Å². The smallest absolute Gasteiger partial charge is 0.167 e. The summed E-state index contributed by atoms with van der Waals surface area (Å²) in [6.45, 7) is 1.40. The van der Waals surface area contributed by atoms with Crippen molar-refractivity contribution >= 4 is 75.4 Å². The van der Waals surface area contributed by atoms with Gasteiger partial charge in [0.2, 0.25) is 0 Å². The van der Waals surface area contributed by atoms with Crippen LogP contribution in [0.25, 0.3) is 0 Å². The van der Waals surface area contributed by atoms with Gasteiger partial charge in [0.25, 0.3) is 0 Å². The Morgan fingerprint density at radius 3 is 2.00 bits per heavy atom. The molecule has 7 heteroatoms. The van der Waals surface area contributed by atoms with Crippen LogP contribution in [0.5, 0.6) is 0 Å². The molecule has 0 N–H and O–H groups in total. The molecule has 1 saturated carbocycles. The van der Waals surface area contributed by atoms with Crippen LogP contribution < -0.4 is 0 Å². The molecule has 1 nitrogen and oxygen atoms in total. The van der Waals surface area contributed by atoms with E-state index in [9.17, 15) is 4.79 Å². The minimum absolute atomic E-state index is 0.0716. The molecule has 16 heavy (non-hydrogen) atoms. The number of ketones is 1. The van der Waals surface area contributed by atoms with Gasteiger partial charge in [-0.15, -0.1) is 23.2 Å². The second kappa shape index (κ2) is 3.59. The molecular formula is C9H6Cl6O. The molecule has 2 aliphatic carbocycles. The molecule has 0 unspecified atom stereocenters. The van der Waals surface area contributed by atoms with Crippen LogP contribution in [0.4, 0.5) is 0 Å². The van der Waals surface area contributed by atoms with Crippen molar-refractivity contribution in [2.45, 2.75) is 27.4 Å². The summed E-state index contributed by atoms with van der Waals surface area (Å²) in [5.74, 6) is -0.790. The Hall–Kier alpha value is 1.15. The minimum Gasteiger partial charge on any atom is -0.300 e. The van der Waals surface area contributed by atoms with E-state index < -0.39 is 20.0 Å². The molecule has 3 atom stereocenters. The minimum atomic E-state index is -1.59. The van der Waals surface area contributed by atoms with E-state index in [1.165, 1.54) is 6.92 Å². The zero-order valence-electron chi connectivity index (χ0n) is 7.96. The summed E-state index contributed by atoms with van der Waals surface area (Å²) < 4.78 is -1.59. The fraction of sp³-hybridized carbons (Fsp3) is 0.667. The molecule has 0 aliphatic heterocycles. The first-order valence-corrected chi connectivity index (χ1v) is 6.69. The van der Waals surface area contributed by atoms with Crippen LogP contribution in [0, 0.1) is 5.92 Å². The largest absolute Gasteiger partial charge is 0.300 e. The Morgan fingerprint density at radius 2 is 1.69 bits per heavy atom. The standard InChI is InChI=1S/C9H6Cl6O/c1-3(16)4-2-7(12)5(10)6(11)8(4,13)9(7,14)15/h4H,2H2,1H3/t4-,7-,8+/m0/s1. The van der Waals surface area contributed by atoms with Gasteiger partial charge in [-0.2, -0.15) is 0 Å². The molecule has 0 saturated heterocycles. The van der Waals surface area contributed by atoms with Crippen molar-refractivity contribution in [3.05, 3.63) is 10.1 Å². The van der Waals surface area contributed by atoms with Crippen molar-refractivity contribution in [1.29, 1.82) is 0 Å². The number of carbonyl (C=O) groups is 1. The van der Waals surface area contributed by atoms with Gasteiger partial charge in [0.05, 0.1) is 10.1 Å². The van der Waals surface area contributed by atoms with Crippen LogP contribution in [-0.4, -0.2) is 19.9 Å². The maximum absolute atomic E-state index is 11.5. The number of allylic oxidation sites excluding steroid dienone is 2. The van der Waals surface area contributed by atoms with Gasteiger partial charge in [-0.25, -0.2) is 0 Å². The lowest BCUT2D eigenvalue weighted by molar-refractivity contribution is -0.121. The molecule has 1 fully saturated rings. The number of Topliss-reactive ketones (excluding diaryl/α,β-unsaturated/α-hetero) is 1. The molecular weight excluding hydrogens is 337 g/mol. The molecule has 0 amide bonds. The summed E-state index contributed by atoms with van der Waals surface area (Å²) >= 11 is 37.0. The Labute approximate surface area is 123 Å². The first-order valence-electron chi connectivity index (χ1n) is 4.43. The van der Waals surface area contributed by atoms with Crippen LogP contribution in [0.2, 0.25) is 0 Å². The van der Waals surface area contributed by atoms with Gasteiger partial charge >= 0.3 is 0 Å². The van der Waals surface area contributed by atoms with Gasteiger partial charge in [-0.05, 0) is 13.3 Å². The third-order valence-corrected chi connectivity index (χ3v) is 7.55. The van der Waals surface area contributed by atoms with Crippen molar-refractivity contribution in [2.75, 3.05) is 0 Å². The zero-order chi connectivity index (χ0) is 12.5. The summed E-state index contributed by atoms with van der Waals surface area (Å²) in [4.78, 5) is 8.83. The fourth-order valence-electron chi connectivity index (χ4n) is 2.33. The Bertz CT molecular complexity index is 416. The number of alkyl halides is 4. The van der Waals surface area contributed by atoms with Crippen LogP contribution in [0.1, 0.15) is 13.3 Å². The van der Waals surface area contributed by atoms with E-state index in [1.807, 2.05) is 0 Å². The van der Waals surface area contributed by atoms with Gasteiger partial charge in [0.15, 0.2) is 4.33 Å². The predicted molar refractivity (Wildman–Crippen MR) is 69.1 cm³/mol. The van der Waals surface area contributed by atoms with Crippen molar-refractivity contribution in [3.63, 3.8) is 0 Å². The van der Waals surface area contributed by atoms with E-state index in [4.69, 9.17) is 69.6 Å². The van der Waals surface area contributed by atoms with Crippen LogP contribution in [0.15, 0.2) is 10.1 Å². The van der Waals surface area contributed by atoms with Crippen molar-refractivity contribution in [2.24, 2.45) is 5.92 Å². The topological polar surface area (TPSA) is 17.1 Å². The first-order chi connectivity index (χ1) is 7.10. The molecule has 0 radical (unpaired) electrons. The second-order valence-corrected chi connectivity index (χ2v) is 7.41. The van der Waals surface area contributed by atoms with E-state index in [2.05, 4.69) is 0 Å². The fourth-order valence-corrected chi connectivity index (χ4v) is 5.15.